The van der Waals surface area contributed by atoms with Crippen LogP contribution in [0.15, 0.2) is 29.2 Å². The van der Waals surface area contributed by atoms with E-state index in [2.05, 4.69) is 21.8 Å². The first-order chi connectivity index (χ1) is 8.29. The van der Waals surface area contributed by atoms with E-state index in [1.165, 1.54) is 16.4 Å². The Morgan fingerprint density at radius 3 is 2.82 bits per heavy atom. The molecule has 0 spiro atoms. The van der Waals surface area contributed by atoms with E-state index in [-0.39, 0.29) is 0 Å². The first-order valence-electron chi connectivity index (χ1n) is 5.23. The number of aromatic nitrogens is 2. The molecule has 2 aromatic rings. The predicted octanol–water partition coefficient (Wildman–Crippen LogP) is 3.92. The maximum Gasteiger partial charge on any atom is 0.134 e. The van der Waals surface area contributed by atoms with Crippen molar-refractivity contribution in [3.8, 4) is 0 Å². The first kappa shape index (κ1) is 12.7. The van der Waals surface area contributed by atoms with Gasteiger partial charge in [-0.25, -0.2) is 0 Å². The smallest absolute Gasteiger partial charge is 0.134 e. The number of nitrogens with one attached hydrogen (secondary N) is 1. The summed E-state index contributed by atoms with van der Waals surface area (Å²) in [5, 5.41) is 9.21. The summed E-state index contributed by atoms with van der Waals surface area (Å²) in [5.74, 6) is 0.820. The monoisotopic (exact) mass is 285 g/mol. The standard InChI is InChI=1S/C11H12ClN3S2/c1-2-13-11-10(14-15-17-11)7-16-9-5-3-8(12)4-6-9/h3-6,13H,2,7H2,1H3. The van der Waals surface area contributed by atoms with E-state index < -0.39 is 0 Å². The van der Waals surface area contributed by atoms with E-state index >= 15 is 0 Å². The van der Waals surface area contributed by atoms with Crippen molar-refractivity contribution in [3.05, 3.63) is 35.0 Å². The fourth-order valence-electron chi connectivity index (χ4n) is 1.28. The Morgan fingerprint density at radius 1 is 1.35 bits per heavy atom. The molecule has 1 N–H and O–H groups in total. The van der Waals surface area contributed by atoms with Crippen molar-refractivity contribution in [2.75, 3.05) is 11.9 Å². The molecule has 90 valence electrons. The molecule has 0 aliphatic rings. The van der Waals surface area contributed by atoms with Crippen LogP contribution in [0.4, 0.5) is 5.00 Å². The van der Waals surface area contributed by atoms with Crippen LogP contribution >= 0.6 is 34.9 Å². The van der Waals surface area contributed by atoms with Crippen molar-refractivity contribution < 1.29 is 0 Å². The third-order valence-corrected chi connectivity index (χ3v) is 4.08. The van der Waals surface area contributed by atoms with Gasteiger partial charge >= 0.3 is 0 Å². The van der Waals surface area contributed by atoms with Crippen molar-refractivity contribution in [1.82, 2.24) is 9.59 Å². The van der Waals surface area contributed by atoms with Crippen LogP contribution in [0.5, 0.6) is 0 Å². The van der Waals surface area contributed by atoms with Gasteiger partial charge in [-0.1, -0.05) is 16.1 Å². The quantitative estimate of drug-likeness (QED) is 0.845. The minimum atomic E-state index is 0.762. The highest BCUT2D eigenvalue weighted by molar-refractivity contribution is 7.98. The van der Waals surface area contributed by atoms with Gasteiger partial charge in [0.1, 0.15) is 10.7 Å². The maximum absolute atomic E-state index is 5.84. The third-order valence-electron chi connectivity index (χ3n) is 2.08. The molecule has 1 heterocycles. The van der Waals surface area contributed by atoms with Crippen molar-refractivity contribution in [1.29, 1.82) is 0 Å². The number of benzene rings is 1. The lowest BCUT2D eigenvalue weighted by atomic mass is 10.4. The van der Waals surface area contributed by atoms with Crippen molar-refractivity contribution in [2.24, 2.45) is 0 Å². The zero-order valence-electron chi connectivity index (χ0n) is 9.31. The molecule has 0 fully saturated rings. The van der Waals surface area contributed by atoms with Crippen LogP contribution in [-0.4, -0.2) is 16.1 Å². The third kappa shape index (κ3) is 3.59. The number of hydrogen-bond acceptors (Lipinski definition) is 5. The summed E-state index contributed by atoms with van der Waals surface area (Å²) in [7, 11) is 0. The second kappa shape index (κ2) is 6.23. The van der Waals surface area contributed by atoms with Crippen LogP contribution < -0.4 is 5.32 Å². The highest BCUT2D eigenvalue weighted by atomic mass is 35.5. The SMILES string of the molecule is CCNc1snnc1CSc1ccc(Cl)cc1. The summed E-state index contributed by atoms with van der Waals surface area (Å²) in [5.41, 5.74) is 1.01. The van der Waals surface area contributed by atoms with E-state index in [9.17, 15) is 0 Å². The second-order valence-corrected chi connectivity index (χ2v) is 5.56. The molecule has 0 amide bonds. The number of hydrogen-bond donors (Lipinski definition) is 1. The van der Waals surface area contributed by atoms with Gasteiger partial charge in [0.15, 0.2) is 0 Å². The molecule has 6 heteroatoms. The molecule has 17 heavy (non-hydrogen) atoms. The fourth-order valence-corrected chi connectivity index (χ4v) is 2.98. The summed E-state index contributed by atoms with van der Waals surface area (Å²) in [6.07, 6.45) is 0. The molecule has 0 saturated heterocycles. The molecule has 0 saturated carbocycles. The molecule has 1 aromatic heterocycles. The van der Waals surface area contributed by atoms with E-state index in [4.69, 9.17) is 11.6 Å². The molecular weight excluding hydrogens is 274 g/mol. The van der Waals surface area contributed by atoms with Gasteiger partial charge in [-0.15, -0.1) is 16.9 Å². The summed E-state index contributed by atoms with van der Waals surface area (Å²) < 4.78 is 3.96. The molecule has 0 atom stereocenters. The number of halogens is 1. The Hall–Kier alpha value is -0.780. The highest BCUT2D eigenvalue weighted by Gasteiger charge is 2.07. The summed E-state index contributed by atoms with van der Waals surface area (Å²) in [4.78, 5) is 1.19. The zero-order valence-corrected chi connectivity index (χ0v) is 11.7. The first-order valence-corrected chi connectivity index (χ1v) is 7.36. The Kier molecular flexibility index (Phi) is 4.65. The van der Waals surface area contributed by atoms with Gasteiger partial charge in [0.05, 0.1) is 0 Å². The van der Waals surface area contributed by atoms with Crippen molar-refractivity contribution >= 4 is 39.9 Å². The van der Waals surface area contributed by atoms with E-state index in [0.717, 1.165) is 28.0 Å². The number of nitrogens with zero attached hydrogens (tertiary/aromatic N) is 2. The van der Waals surface area contributed by atoms with Crippen LogP contribution in [0.1, 0.15) is 12.6 Å². The number of thioether (sulfide) groups is 1. The van der Waals surface area contributed by atoms with Gasteiger partial charge in [-0.2, -0.15) is 0 Å². The lowest BCUT2D eigenvalue weighted by molar-refractivity contribution is 1.07. The van der Waals surface area contributed by atoms with Gasteiger partial charge < -0.3 is 5.32 Å². The van der Waals surface area contributed by atoms with E-state index in [1.807, 2.05) is 24.3 Å². The summed E-state index contributed by atoms with van der Waals surface area (Å²) in [6.45, 7) is 2.96. The van der Waals surface area contributed by atoms with Crippen molar-refractivity contribution in [3.63, 3.8) is 0 Å². The normalized spacial score (nSPS) is 10.5. The molecule has 2 rings (SSSR count). The van der Waals surface area contributed by atoms with Crippen LogP contribution in [0.25, 0.3) is 0 Å². The van der Waals surface area contributed by atoms with Crippen LogP contribution in [-0.2, 0) is 5.75 Å². The molecular formula is C11H12ClN3S2. The molecule has 0 unspecified atom stereocenters. The lowest BCUT2D eigenvalue weighted by Crippen LogP contribution is -1.97. The molecule has 3 nitrogen and oxygen atoms in total. The van der Waals surface area contributed by atoms with E-state index in [1.54, 1.807) is 11.8 Å². The molecule has 1 aromatic carbocycles. The minimum absolute atomic E-state index is 0.762. The Balaban J connectivity index is 1.97. The largest absolute Gasteiger partial charge is 0.374 e. The maximum atomic E-state index is 5.84. The second-order valence-electron chi connectivity index (χ2n) is 3.32. The van der Waals surface area contributed by atoms with Gasteiger partial charge in [-0.3, -0.25) is 0 Å². The Bertz CT molecular complexity index is 470. The predicted molar refractivity (Wildman–Crippen MR) is 75.1 cm³/mol. The van der Waals surface area contributed by atoms with E-state index in [0.29, 0.717) is 0 Å². The lowest BCUT2D eigenvalue weighted by Gasteiger charge is -2.02. The highest BCUT2D eigenvalue weighted by Crippen LogP contribution is 2.27. The average Bonchev–Trinajstić information content (AvgIpc) is 2.77. The molecule has 0 bridgehead atoms. The number of rotatable bonds is 5. The zero-order chi connectivity index (χ0) is 12.1. The molecule has 0 aliphatic heterocycles. The Morgan fingerprint density at radius 2 is 2.12 bits per heavy atom. The average molecular weight is 286 g/mol. The van der Waals surface area contributed by atoms with Crippen molar-refractivity contribution in [2.45, 2.75) is 17.6 Å². The summed E-state index contributed by atoms with van der Waals surface area (Å²) in [6, 6.07) is 7.82. The van der Waals surface area contributed by atoms with Gasteiger partial charge in [0.2, 0.25) is 0 Å². The topological polar surface area (TPSA) is 37.8 Å². The molecule has 0 radical (unpaired) electrons. The van der Waals surface area contributed by atoms with Crippen LogP contribution in [0.2, 0.25) is 5.02 Å². The Labute approximate surface area is 114 Å². The summed E-state index contributed by atoms with van der Waals surface area (Å²) >= 11 is 8.98. The van der Waals surface area contributed by atoms with Crippen LogP contribution in [0.3, 0.4) is 0 Å². The minimum Gasteiger partial charge on any atom is -0.374 e. The van der Waals surface area contributed by atoms with Gasteiger partial charge in [0, 0.05) is 33.7 Å². The molecule has 0 aliphatic carbocycles. The number of anilines is 1. The fraction of sp³-hybridized carbons (Fsp3) is 0.273. The van der Waals surface area contributed by atoms with Gasteiger partial charge in [-0.05, 0) is 31.2 Å². The van der Waals surface area contributed by atoms with Crippen LogP contribution in [0, 0.1) is 0 Å². The van der Waals surface area contributed by atoms with Gasteiger partial charge in [0.25, 0.3) is 0 Å².